The molecule has 0 saturated heterocycles. The molecule has 0 aromatic rings. The van der Waals surface area contributed by atoms with Crippen LogP contribution in [-0.2, 0) is 4.79 Å². The average Bonchev–Trinajstić information content (AvgIpc) is 1.98. The van der Waals surface area contributed by atoms with Gasteiger partial charge in [-0.25, -0.2) is 4.99 Å². The summed E-state index contributed by atoms with van der Waals surface area (Å²) >= 11 is 4.85. The lowest BCUT2D eigenvalue weighted by atomic mass is 10.6. The second kappa shape index (κ2) is 4.82. The highest BCUT2D eigenvalue weighted by atomic mass is 32.1. The SMILES string of the molecule is CC(=O)N(C)C(=S)/N=C/N(C)C. The first kappa shape index (κ1) is 11.0. The second-order valence-electron chi connectivity index (χ2n) is 2.57. The quantitative estimate of drug-likeness (QED) is 0.337. The van der Waals surface area contributed by atoms with Crippen LogP contribution >= 0.6 is 12.2 Å². The molecule has 0 aliphatic heterocycles. The summed E-state index contributed by atoms with van der Waals surface area (Å²) in [6.07, 6.45) is 1.56. The molecule has 4 nitrogen and oxygen atoms in total. The molecule has 0 aliphatic rings. The highest BCUT2D eigenvalue weighted by Gasteiger charge is 2.05. The third-order valence-corrected chi connectivity index (χ3v) is 1.54. The molecule has 0 radical (unpaired) electrons. The van der Waals surface area contributed by atoms with Crippen LogP contribution in [-0.4, -0.2) is 48.3 Å². The van der Waals surface area contributed by atoms with E-state index in [0.29, 0.717) is 0 Å². The minimum atomic E-state index is -0.115. The molecule has 68 valence electrons. The maximum Gasteiger partial charge on any atom is 0.225 e. The molecule has 0 heterocycles. The van der Waals surface area contributed by atoms with Gasteiger partial charge in [-0.3, -0.25) is 9.69 Å². The van der Waals surface area contributed by atoms with E-state index in [4.69, 9.17) is 12.2 Å². The second-order valence-corrected chi connectivity index (χ2v) is 2.93. The lowest BCUT2D eigenvalue weighted by molar-refractivity contribution is -0.124. The van der Waals surface area contributed by atoms with Crippen molar-refractivity contribution < 1.29 is 4.79 Å². The van der Waals surface area contributed by atoms with Gasteiger partial charge in [0.25, 0.3) is 0 Å². The van der Waals surface area contributed by atoms with E-state index in [2.05, 4.69) is 4.99 Å². The van der Waals surface area contributed by atoms with E-state index in [1.165, 1.54) is 11.8 Å². The number of hydrogen-bond acceptors (Lipinski definition) is 2. The van der Waals surface area contributed by atoms with Crippen LogP contribution in [0, 0.1) is 0 Å². The fourth-order valence-electron chi connectivity index (χ4n) is 0.386. The number of nitrogens with zero attached hydrogens (tertiary/aromatic N) is 3. The van der Waals surface area contributed by atoms with Gasteiger partial charge in [0, 0.05) is 28.1 Å². The molecule has 12 heavy (non-hydrogen) atoms. The summed E-state index contributed by atoms with van der Waals surface area (Å²) in [5, 5.41) is 0.274. The summed E-state index contributed by atoms with van der Waals surface area (Å²) in [6.45, 7) is 1.44. The van der Waals surface area contributed by atoms with Gasteiger partial charge in [-0.2, -0.15) is 0 Å². The Morgan fingerprint density at radius 2 is 1.92 bits per heavy atom. The van der Waals surface area contributed by atoms with Crippen LogP contribution in [0.3, 0.4) is 0 Å². The monoisotopic (exact) mass is 187 g/mol. The van der Waals surface area contributed by atoms with E-state index in [-0.39, 0.29) is 11.0 Å². The molecule has 0 bridgehead atoms. The Kier molecular flexibility index (Phi) is 4.43. The van der Waals surface area contributed by atoms with Gasteiger partial charge in [0.1, 0.15) is 0 Å². The number of aliphatic imine (C=N–C) groups is 1. The highest BCUT2D eigenvalue weighted by molar-refractivity contribution is 7.80. The Hall–Kier alpha value is -0.970. The molecule has 0 aliphatic carbocycles. The Morgan fingerprint density at radius 1 is 1.42 bits per heavy atom. The average molecular weight is 187 g/mol. The lowest BCUT2D eigenvalue weighted by Crippen LogP contribution is -2.28. The molecule has 0 atom stereocenters. The lowest BCUT2D eigenvalue weighted by Gasteiger charge is -2.12. The zero-order chi connectivity index (χ0) is 9.72. The molecule has 0 aromatic heterocycles. The summed E-state index contributed by atoms with van der Waals surface area (Å²) in [5.41, 5.74) is 0. The predicted octanol–water partition coefficient (Wildman–Crippen LogP) is 0.340. The number of hydrogen-bond donors (Lipinski definition) is 0. The van der Waals surface area contributed by atoms with Crippen molar-refractivity contribution in [3.63, 3.8) is 0 Å². The minimum Gasteiger partial charge on any atom is -0.369 e. The van der Waals surface area contributed by atoms with Gasteiger partial charge in [-0.05, 0) is 12.2 Å². The van der Waals surface area contributed by atoms with Crippen molar-refractivity contribution in [2.24, 2.45) is 4.99 Å². The van der Waals surface area contributed by atoms with Crippen LogP contribution in [0.1, 0.15) is 6.92 Å². The molecule has 0 aromatic carbocycles. The van der Waals surface area contributed by atoms with Crippen molar-refractivity contribution in [2.75, 3.05) is 21.1 Å². The highest BCUT2D eigenvalue weighted by Crippen LogP contribution is 1.89. The zero-order valence-electron chi connectivity index (χ0n) is 7.74. The summed E-state index contributed by atoms with van der Waals surface area (Å²) < 4.78 is 0. The van der Waals surface area contributed by atoms with E-state index in [1.54, 1.807) is 18.3 Å². The normalized spacial score (nSPS) is 10.0. The van der Waals surface area contributed by atoms with Crippen molar-refractivity contribution >= 4 is 29.6 Å². The van der Waals surface area contributed by atoms with Crippen LogP contribution in [0.15, 0.2) is 4.99 Å². The fraction of sp³-hybridized carbons (Fsp3) is 0.571. The van der Waals surface area contributed by atoms with Crippen molar-refractivity contribution in [3.05, 3.63) is 0 Å². The van der Waals surface area contributed by atoms with Gasteiger partial charge < -0.3 is 4.90 Å². The molecular formula is C7H13N3OS. The molecule has 1 amide bonds. The maximum atomic E-state index is 10.8. The summed E-state index contributed by atoms with van der Waals surface area (Å²) in [6, 6.07) is 0. The third kappa shape index (κ3) is 4.02. The van der Waals surface area contributed by atoms with Gasteiger partial charge in [0.2, 0.25) is 11.0 Å². The largest absolute Gasteiger partial charge is 0.369 e. The molecule has 5 heteroatoms. The van der Waals surface area contributed by atoms with Crippen LogP contribution in [0.2, 0.25) is 0 Å². The molecule has 0 N–H and O–H groups in total. The fourth-order valence-corrected chi connectivity index (χ4v) is 0.562. The van der Waals surface area contributed by atoms with Crippen LogP contribution in [0.4, 0.5) is 0 Å². The van der Waals surface area contributed by atoms with E-state index in [9.17, 15) is 4.79 Å². The topological polar surface area (TPSA) is 35.9 Å². The number of carbonyl (C=O) groups excluding carboxylic acids is 1. The molecule has 0 rings (SSSR count). The molecule has 0 saturated carbocycles. The van der Waals surface area contributed by atoms with E-state index in [1.807, 2.05) is 14.1 Å². The smallest absolute Gasteiger partial charge is 0.225 e. The van der Waals surface area contributed by atoms with Crippen molar-refractivity contribution in [1.29, 1.82) is 0 Å². The molecular weight excluding hydrogens is 174 g/mol. The van der Waals surface area contributed by atoms with Crippen LogP contribution in [0.25, 0.3) is 0 Å². The maximum absolute atomic E-state index is 10.8. The molecule has 0 spiro atoms. The first-order valence-corrected chi connectivity index (χ1v) is 3.85. The number of thiocarbonyl (C=S) groups is 1. The molecule has 0 fully saturated rings. The Balaban J connectivity index is 4.13. The summed E-state index contributed by atoms with van der Waals surface area (Å²) in [5.74, 6) is -0.115. The van der Waals surface area contributed by atoms with Crippen LogP contribution < -0.4 is 0 Å². The van der Waals surface area contributed by atoms with Crippen molar-refractivity contribution in [1.82, 2.24) is 9.80 Å². The first-order chi connectivity index (χ1) is 5.45. The van der Waals surface area contributed by atoms with Crippen LogP contribution in [0.5, 0.6) is 0 Å². The van der Waals surface area contributed by atoms with Crippen molar-refractivity contribution in [3.8, 4) is 0 Å². The Labute approximate surface area is 77.9 Å². The van der Waals surface area contributed by atoms with E-state index < -0.39 is 0 Å². The number of amides is 1. The number of rotatable bonds is 1. The third-order valence-electron chi connectivity index (χ3n) is 1.16. The molecule has 0 unspecified atom stereocenters. The van der Waals surface area contributed by atoms with Gasteiger partial charge in [0.05, 0.1) is 6.34 Å². The van der Waals surface area contributed by atoms with Gasteiger partial charge in [-0.1, -0.05) is 0 Å². The van der Waals surface area contributed by atoms with E-state index in [0.717, 1.165) is 0 Å². The first-order valence-electron chi connectivity index (χ1n) is 3.44. The number of carbonyl (C=O) groups is 1. The van der Waals surface area contributed by atoms with Gasteiger partial charge in [0.15, 0.2) is 0 Å². The zero-order valence-corrected chi connectivity index (χ0v) is 8.55. The summed E-state index contributed by atoms with van der Waals surface area (Å²) in [7, 11) is 5.26. The Bertz CT molecular complexity index is 213. The summed E-state index contributed by atoms with van der Waals surface area (Å²) in [4.78, 5) is 17.7. The minimum absolute atomic E-state index is 0.115. The Morgan fingerprint density at radius 3 is 2.25 bits per heavy atom. The predicted molar refractivity (Wildman–Crippen MR) is 53.2 cm³/mol. The standard InChI is InChI=1S/C7H13N3OS/c1-6(11)10(4)7(12)8-5-9(2)3/h5H,1-4H3/b8-5+. The van der Waals surface area contributed by atoms with Gasteiger partial charge >= 0.3 is 0 Å². The van der Waals surface area contributed by atoms with Gasteiger partial charge in [-0.15, -0.1) is 0 Å². The van der Waals surface area contributed by atoms with E-state index >= 15 is 0 Å². The van der Waals surface area contributed by atoms with Crippen molar-refractivity contribution in [2.45, 2.75) is 6.92 Å².